The van der Waals surface area contributed by atoms with Gasteiger partial charge in [-0.1, -0.05) is 97.1 Å². The minimum Gasteiger partial charge on any atom is -0.504 e. The molecule has 0 aliphatic carbocycles. The highest BCUT2D eigenvalue weighted by Crippen LogP contribution is 2.35. The van der Waals surface area contributed by atoms with E-state index >= 15 is 0 Å². The van der Waals surface area contributed by atoms with Gasteiger partial charge in [-0.2, -0.15) is 25.0 Å². The lowest BCUT2D eigenvalue weighted by atomic mass is 10.1. The number of phenols is 16. The van der Waals surface area contributed by atoms with Crippen molar-refractivity contribution in [1.82, 2.24) is 40.0 Å². The summed E-state index contributed by atoms with van der Waals surface area (Å²) in [5, 5.41) is 187. The number of nitrogens with zero attached hydrogens (tertiary/aromatic N) is 18. The number of likely N-dealkylation sites (N-methyl/N-ethyl adjacent to an activating group) is 3. The zero-order valence-corrected chi connectivity index (χ0v) is 81.9. The molecule has 0 saturated carbocycles. The van der Waals surface area contributed by atoms with Crippen LogP contribution >= 0.6 is 0 Å². The Hall–Kier alpha value is -19.5. The highest BCUT2D eigenvalue weighted by Gasteiger charge is 2.18. The maximum atomic E-state index is 9.69. The molecule has 0 unspecified atom stereocenters. The Labute approximate surface area is 836 Å². The third kappa shape index (κ3) is 47.4. The van der Waals surface area contributed by atoms with E-state index in [4.69, 9.17) is 113 Å². The van der Waals surface area contributed by atoms with Gasteiger partial charge in [0.25, 0.3) is 0 Å². The molecule has 0 fully saturated rings. The predicted octanol–water partition coefficient (Wildman–Crippen LogP) is -2.28. The zero-order valence-electron chi connectivity index (χ0n) is 81.9. The molecular formula is C89H138N40O16. The fourth-order valence-electron chi connectivity index (χ4n) is 10.9. The monoisotopic (exact) mass is 2020 g/mol. The van der Waals surface area contributed by atoms with Crippen LogP contribution in [0.25, 0.3) is 0 Å². The molecule has 0 spiro atoms. The molecule has 56 nitrogen and oxygen atoms in total. The summed E-state index contributed by atoms with van der Waals surface area (Å²) in [5.74, 6) is -1.86. The van der Waals surface area contributed by atoms with Crippen molar-refractivity contribution in [3.05, 3.63) is 190 Å². The van der Waals surface area contributed by atoms with E-state index < -0.39 is 0 Å². The molecule has 790 valence electrons. The number of rotatable bonds is 23. The quantitative estimate of drug-likeness (QED) is 0.0182. The Morgan fingerprint density at radius 2 is 0.607 bits per heavy atom. The van der Waals surface area contributed by atoms with Gasteiger partial charge in [-0.15, -0.1) is 0 Å². The highest BCUT2D eigenvalue weighted by molar-refractivity contribution is 5.98. The Bertz CT molecular complexity index is 5910. The topological polar surface area (TPSA) is 1030 Å². The van der Waals surface area contributed by atoms with Crippen LogP contribution < -0.4 is 102 Å². The molecule has 54 N–H and O–H groups in total. The van der Waals surface area contributed by atoms with Crippen molar-refractivity contribution in [2.24, 2.45) is 152 Å². The fraction of sp³-hybridized carbons (Fsp3) is 0.281. The zero-order chi connectivity index (χ0) is 110. The molecule has 8 aromatic rings. The summed E-state index contributed by atoms with van der Waals surface area (Å²) < 4.78 is 0. The summed E-state index contributed by atoms with van der Waals surface area (Å²) in [4.78, 5) is 54.9. The minimum absolute atomic E-state index is 0.00365. The van der Waals surface area contributed by atoms with E-state index in [9.17, 15) is 81.7 Å². The number of benzene rings is 8. The number of hydrogen-bond donors (Lipinski definition) is 38. The lowest BCUT2D eigenvalue weighted by molar-refractivity contribution is 0.394. The first-order valence-corrected chi connectivity index (χ1v) is 42.9. The lowest BCUT2D eigenvalue weighted by Crippen LogP contribution is -2.46. The second-order valence-electron chi connectivity index (χ2n) is 30.0. The molecule has 145 heavy (non-hydrogen) atoms. The second kappa shape index (κ2) is 64.5. The van der Waals surface area contributed by atoms with Gasteiger partial charge in [0.15, 0.2) is 158 Å². The van der Waals surface area contributed by atoms with Gasteiger partial charge in [-0.25, -0.2) is 4.99 Å². The molecule has 0 heterocycles. The van der Waals surface area contributed by atoms with Crippen molar-refractivity contribution in [1.29, 1.82) is 21.6 Å². The Morgan fingerprint density at radius 3 is 0.938 bits per heavy atom. The molecule has 8 rings (SSSR count). The number of nitrogens with two attached hydrogens (primary N) is 16. The first-order valence-electron chi connectivity index (χ1n) is 42.9. The van der Waals surface area contributed by atoms with Gasteiger partial charge in [0.1, 0.15) is 0 Å². The number of hydrogen-bond acceptors (Lipinski definition) is 27. The van der Waals surface area contributed by atoms with Crippen molar-refractivity contribution < 1.29 is 81.7 Å². The van der Waals surface area contributed by atoms with E-state index in [1.807, 2.05) is 0 Å². The van der Waals surface area contributed by atoms with E-state index in [1.54, 1.807) is 161 Å². The molecule has 0 aliphatic heterocycles. The van der Waals surface area contributed by atoms with E-state index in [1.165, 1.54) is 84.4 Å². The number of para-hydroxylation sites is 8. The smallest absolute Gasteiger partial charge is 0.223 e. The van der Waals surface area contributed by atoms with E-state index in [2.05, 4.69) is 70.5 Å². The molecule has 56 heteroatoms. The van der Waals surface area contributed by atoms with Crippen LogP contribution in [0.4, 0.5) is 0 Å². The third-order valence-corrected chi connectivity index (χ3v) is 19.0. The van der Waals surface area contributed by atoms with Gasteiger partial charge in [0.05, 0.1) is 6.54 Å². The van der Waals surface area contributed by atoms with Gasteiger partial charge < -0.3 is 198 Å². The standard InChI is InChI=1S/2C12H19N5O2.5C11H17N5O2.C10H15N5O2/c1-16(12(15)17(2)11(13)14)7-6-8-4-3-5-9(18)10(8)19;1-15-12(16-11(13)14)17(2)7-6-8-4-3-5-9(18)10(8)19;1-16(2)11(13)15-10(12)14-6-7-4-3-5-8(17)9(7)18;1-14-10(12)16-11(13)15-6-5-7-3-2-4-8(17)9(7)18;1-16(11(14)15-10(12)13)6-5-7-3-2-4-8(17)9(7)18;1-16(10(12)13)11(14)15-6-5-7-3-2-4-8(17)9(7)18;1-14-11(16-10(12)13)15-6-5-7-3-2-4-8(17)9(7)18;11-9(12)15-10(13)14-5-4-6-2-1-3-7(16)8(6)17/h3-5,15,18-19H,6-7H2,1-2H3,(H3,13,14);3-5,18-19H,6-7H2,1-2H3,(H4,13,14,15,16);3-5,17-18H,6H2,1-2H3,(H4,12,13,14,15);2-4,17-18H,5-6H2,1H3,(H5,12,13,14,15,16);2-4,17-18H,5-6H2,1H3,(H5,12,13,14,15);2-4,17-18H,5-6H2,1H3,(H3,12,13)(H2,14,15);2-4,17-18H,5-6H2,1H3,(H5,12,13,14,15,16);1-3,16-17H,4-5H2,(H6,11,12,13,14,15). The van der Waals surface area contributed by atoms with Crippen LogP contribution in [0.2, 0.25) is 0 Å². The first kappa shape index (κ1) is 123. The van der Waals surface area contributed by atoms with Gasteiger partial charge >= 0.3 is 0 Å². The summed E-state index contributed by atoms with van der Waals surface area (Å²) in [7, 11) is 16.3. The molecule has 0 aliphatic rings. The van der Waals surface area contributed by atoms with Crippen LogP contribution in [-0.4, -0.2) is 323 Å². The van der Waals surface area contributed by atoms with Crippen molar-refractivity contribution in [3.8, 4) is 92.0 Å². The van der Waals surface area contributed by atoms with Crippen molar-refractivity contribution >= 4 is 95.4 Å². The average Bonchev–Trinajstić information content (AvgIpc) is 0.878. The number of nitrogens with one attached hydrogen (secondary N) is 6. The van der Waals surface area contributed by atoms with Crippen LogP contribution in [-0.2, 0) is 51.5 Å². The molecule has 0 saturated heterocycles. The van der Waals surface area contributed by atoms with Crippen LogP contribution in [0.5, 0.6) is 92.0 Å². The third-order valence-electron chi connectivity index (χ3n) is 19.0. The van der Waals surface area contributed by atoms with Crippen molar-refractivity contribution in [2.75, 3.05) is 116 Å². The molecule has 0 bridgehead atoms. The van der Waals surface area contributed by atoms with E-state index in [0.717, 1.165) is 0 Å². The highest BCUT2D eigenvalue weighted by atomic mass is 16.3. The molecule has 0 radical (unpaired) electrons. The van der Waals surface area contributed by atoms with Crippen LogP contribution in [0.15, 0.2) is 206 Å². The van der Waals surface area contributed by atoms with Crippen molar-refractivity contribution in [2.45, 2.75) is 51.5 Å². The van der Waals surface area contributed by atoms with E-state index in [0.29, 0.717) is 147 Å². The first-order chi connectivity index (χ1) is 68.1. The van der Waals surface area contributed by atoms with Gasteiger partial charge in [0, 0.05) is 122 Å². The maximum absolute atomic E-state index is 9.69. The fourth-order valence-corrected chi connectivity index (χ4v) is 10.9. The normalized spacial score (nSPS) is 11.2. The summed E-state index contributed by atoms with van der Waals surface area (Å²) in [6.45, 7) is 2.99. The molecule has 0 atom stereocenters. The SMILES string of the molecule is CN(C(=N)N)C(N)=NCCc1cccc(O)c1O.CN(C)C(N)=NC(N)=NCc1cccc(O)c1O.CN(CCc1cccc(O)c1O)C(=N)N(C)C(=N)N.CN(CCc1cccc(O)c1O)C(=N)N=C(N)N.CN=C(N)NC(N)=NCCc1cccc(O)c1O.CN=C(N=C(N)N)N(C)CCc1cccc(O)c1O.CN=C(N=C(N)N)NCCc1cccc(O)c1O.NC(N)=NC(N)=NCCc1cccc(O)c1O. The number of aromatic hydroxyl groups is 16. The average molecular weight is 2020 g/mol. The molecular weight excluding hydrogens is 1890 g/mol. The number of phenolic OH excluding ortho intramolecular Hbond substituents is 16. The van der Waals surface area contributed by atoms with Crippen LogP contribution in [0.1, 0.15) is 44.5 Å². The van der Waals surface area contributed by atoms with E-state index in [-0.39, 0.29) is 182 Å². The lowest BCUT2D eigenvalue weighted by Gasteiger charge is -2.26. The second-order valence-corrected chi connectivity index (χ2v) is 30.0. The Morgan fingerprint density at radius 1 is 0.297 bits per heavy atom. The summed E-state index contributed by atoms with van der Waals surface area (Å²) >= 11 is 0. The molecule has 0 amide bonds. The minimum atomic E-state index is -0.211. The summed E-state index contributed by atoms with van der Waals surface area (Å²) in [5.41, 5.74) is 89.9. The van der Waals surface area contributed by atoms with Crippen LogP contribution in [0, 0.1) is 21.6 Å². The van der Waals surface area contributed by atoms with Gasteiger partial charge in [-0.3, -0.25) is 66.7 Å². The van der Waals surface area contributed by atoms with Crippen molar-refractivity contribution in [3.63, 3.8) is 0 Å². The molecule has 0 aromatic heterocycles. The predicted molar refractivity (Wildman–Crippen MR) is 566 cm³/mol. The Balaban J connectivity index is 0.000000829. The maximum Gasteiger partial charge on any atom is 0.223 e. The van der Waals surface area contributed by atoms with Crippen LogP contribution in [0.3, 0.4) is 0 Å². The molecule has 8 aromatic carbocycles. The Kier molecular flexibility index (Phi) is 55.0. The van der Waals surface area contributed by atoms with Gasteiger partial charge in [-0.05, 0) is 132 Å². The largest absolute Gasteiger partial charge is 0.504 e. The number of guanidine groups is 16. The summed E-state index contributed by atoms with van der Waals surface area (Å²) in [6, 6.07) is 38.0. The number of aliphatic imine (C=N–C) groups is 12. The summed E-state index contributed by atoms with van der Waals surface area (Å²) in [6.07, 6.45) is 3.23. The van der Waals surface area contributed by atoms with Gasteiger partial charge in [0.2, 0.25) is 29.8 Å².